The first-order valence-electron chi connectivity index (χ1n) is 4.99. The molecule has 2 fully saturated rings. The minimum Gasteiger partial charge on any atom is -0.244 e. The van der Waals surface area contributed by atoms with E-state index in [1.165, 1.54) is 6.42 Å². The molecule has 0 bridgehead atoms. The maximum atomic E-state index is 2.65. The predicted octanol–water partition coefficient (Wildman–Crippen LogP) is 2.63. The summed E-state index contributed by atoms with van der Waals surface area (Å²) in [6.45, 7) is 7.10. The molecular formula is C10H19NS. The van der Waals surface area contributed by atoms with Gasteiger partial charge in [-0.1, -0.05) is 32.7 Å². The Bertz CT molecular complexity index is 181. The molecule has 4 atom stereocenters. The van der Waals surface area contributed by atoms with E-state index in [2.05, 4.69) is 31.3 Å². The minimum atomic E-state index is 0.831. The molecule has 0 amide bonds. The highest BCUT2D eigenvalue weighted by Crippen LogP contribution is 2.56. The van der Waals surface area contributed by atoms with Crippen molar-refractivity contribution in [3.63, 3.8) is 0 Å². The van der Waals surface area contributed by atoms with Crippen molar-refractivity contribution in [2.45, 2.75) is 39.3 Å². The molecule has 0 aromatic carbocycles. The van der Waals surface area contributed by atoms with Crippen LogP contribution in [0.5, 0.6) is 0 Å². The average molecular weight is 185 g/mol. The first-order valence-corrected chi connectivity index (χ1v) is 6.17. The van der Waals surface area contributed by atoms with Crippen LogP contribution in [0.3, 0.4) is 0 Å². The van der Waals surface area contributed by atoms with Crippen LogP contribution in [0, 0.1) is 17.8 Å². The molecule has 2 heteroatoms. The molecule has 12 heavy (non-hydrogen) atoms. The molecular weight excluding hydrogens is 166 g/mol. The van der Waals surface area contributed by atoms with Gasteiger partial charge in [0.1, 0.15) is 0 Å². The highest BCUT2D eigenvalue weighted by molar-refractivity contribution is 7.96. The summed E-state index contributed by atoms with van der Waals surface area (Å²) >= 11 is 1.96. The summed E-state index contributed by atoms with van der Waals surface area (Å²) in [5.74, 6) is 2.84. The van der Waals surface area contributed by atoms with E-state index in [4.69, 9.17) is 0 Å². The van der Waals surface area contributed by atoms with Crippen molar-refractivity contribution in [2.24, 2.45) is 17.8 Å². The van der Waals surface area contributed by atoms with Crippen LogP contribution in [-0.2, 0) is 0 Å². The van der Waals surface area contributed by atoms with E-state index in [0.29, 0.717) is 0 Å². The second-order valence-corrected chi connectivity index (χ2v) is 5.39. The molecule has 1 aliphatic carbocycles. The van der Waals surface area contributed by atoms with E-state index in [1.807, 2.05) is 11.9 Å². The summed E-state index contributed by atoms with van der Waals surface area (Å²) in [6.07, 6.45) is 3.67. The standard InChI is InChI=1S/C10H19NS/c1-6(2)9-5-8-7(3)10(8)11(9)12-4/h6-10H,5H2,1-4H3/t7-,8+,9+,10-/m1/s1. The van der Waals surface area contributed by atoms with Crippen molar-refractivity contribution >= 4 is 11.9 Å². The molecule has 1 saturated heterocycles. The Kier molecular flexibility index (Phi) is 2.16. The summed E-state index contributed by atoms with van der Waals surface area (Å²) in [7, 11) is 0. The third kappa shape index (κ3) is 1.12. The number of rotatable bonds is 2. The molecule has 0 radical (unpaired) electrons. The van der Waals surface area contributed by atoms with Crippen LogP contribution in [0.2, 0.25) is 0 Å². The normalized spacial score (nSPS) is 46.8. The van der Waals surface area contributed by atoms with Gasteiger partial charge in [0.2, 0.25) is 0 Å². The lowest BCUT2D eigenvalue weighted by atomic mass is 10.00. The number of piperidine rings is 1. The molecule has 1 heterocycles. The Morgan fingerprint density at radius 3 is 2.58 bits per heavy atom. The van der Waals surface area contributed by atoms with Crippen molar-refractivity contribution in [2.75, 3.05) is 6.26 Å². The molecule has 1 aliphatic heterocycles. The molecule has 0 unspecified atom stereocenters. The van der Waals surface area contributed by atoms with Crippen LogP contribution in [0.15, 0.2) is 0 Å². The smallest absolute Gasteiger partial charge is 0.0266 e. The van der Waals surface area contributed by atoms with Gasteiger partial charge in [-0.15, -0.1) is 0 Å². The Labute approximate surface area is 80.0 Å². The zero-order valence-corrected chi connectivity index (χ0v) is 9.27. The lowest BCUT2D eigenvalue weighted by Crippen LogP contribution is -2.32. The van der Waals surface area contributed by atoms with Crippen molar-refractivity contribution in [1.82, 2.24) is 4.31 Å². The second-order valence-electron chi connectivity index (χ2n) is 4.60. The van der Waals surface area contributed by atoms with Crippen LogP contribution in [-0.4, -0.2) is 22.6 Å². The Morgan fingerprint density at radius 1 is 1.42 bits per heavy atom. The summed E-state index contributed by atoms with van der Waals surface area (Å²) in [4.78, 5) is 0. The monoisotopic (exact) mass is 185 g/mol. The van der Waals surface area contributed by atoms with Gasteiger partial charge in [0, 0.05) is 12.1 Å². The largest absolute Gasteiger partial charge is 0.244 e. The fourth-order valence-corrected chi connectivity index (χ4v) is 3.92. The van der Waals surface area contributed by atoms with Crippen LogP contribution < -0.4 is 0 Å². The number of fused-ring (bicyclic) bond motifs is 1. The zero-order chi connectivity index (χ0) is 8.88. The highest BCUT2D eigenvalue weighted by atomic mass is 32.2. The number of hydrogen-bond acceptors (Lipinski definition) is 2. The lowest BCUT2D eigenvalue weighted by Gasteiger charge is -2.28. The quantitative estimate of drug-likeness (QED) is 0.608. The van der Waals surface area contributed by atoms with E-state index >= 15 is 0 Å². The van der Waals surface area contributed by atoms with Crippen molar-refractivity contribution in [3.8, 4) is 0 Å². The zero-order valence-electron chi connectivity index (χ0n) is 8.45. The SMILES string of the molecule is CSN1[C@@H]2[C@H](C)[C@@H]2C[C@H]1C(C)C. The number of nitrogens with zero attached hydrogens (tertiary/aromatic N) is 1. The van der Waals surface area contributed by atoms with Gasteiger partial charge in [0.05, 0.1) is 0 Å². The maximum Gasteiger partial charge on any atom is 0.0266 e. The van der Waals surface area contributed by atoms with Crippen molar-refractivity contribution in [3.05, 3.63) is 0 Å². The molecule has 0 aromatic heterocycles. The van der Waals surface area contributed by atoms with Gasteiger partial charge in [0.25, 0.3) is 0 Å². The van der Waals surface area contributed by atoms with Crippen molar-refractivity contribution in [1.29, 1.82) is 0 Å². The first kappa shape index (κ1) is 8.89. The highest BCUT2D eigenvalue weighted by Gasteiger charge is 2.58. The molecule has 70 valence electrons. The van der Waals surface area contributed by atoms with E-state index in [-0.39, 0.29) is 0 Å². The molecule has 2 aliphatic rings. The first-order chi connectivity index (χ1) is 5.66. The van der Waals surface area contributed by atoms with Gasteiger partial charge in [-0.2, -0.15) is 0 Å². The summed E-state index contributed by atoms with van der Waals surface area (Å²) in [5.41, 5.74) is 0. The van der Waals surface area contributed by atoms with Gasteiger partial charge in [0.15, 0.2) is 0 Å². The topological polar surface area (TPSA) is 3.24 Å². The lowest BCUT2D eigenvalue weighted by molar-refractivity contribution is 0.287. The summed E-state index contributed by atoms with van der Waals surface area (Å²) < 4.78 is 2.65. The van der Waals surface area contributed by atoms with Crippen LogP contribution >= 0.6 is 11.9 Å². The van der Waals surface area contributed by atoms with Gasteiger partial charge in [-0.05, 0) is 30.4 Å². The van der Waals surface area contributed by atoms with Gasteiger partial charge in [-0.25, -0.2) is 4.31 Å². The molecule has 1 saturated carbocycles. The van der Waals surface area contributed by atoms with E-state index in [0.717, 1.165) is 29.8 Å². The Morgan fingerprint density at radius 2 is 2.08 bits per heavy atom. The predicted molar refractivity (Wildman–Crippen MR) is 55.0 cm³/mol. The van der Waals surface area contributed by atoms with Gasteiger partial charge >= 0.3 is 0 Å². The second kappa shape index (κ2) is 2.91. The van der Waals surface area contributed by atoms with Crippen LogP contribution in [0.4, 0.5) is 0 Å². The fourth-order valence-electron chi connectivity index (χ4n) is 2.72. The number of hydrogen-bond donors (Lipinski definition) is 0. The van der Waals surface area contributed by atoms with Crippen LogP contribution in [0.25, 0.3) is 0 Å². The average Bonchev–Trinajstić information content (AvgIpc) is 2.52. The Balaban J connectivity index is 2.03. The van der Waals surface area contributed by atoms with E-state index < -0.39 is 0 Å². The van der Waals surface area contributed by atoms with Crippen molar-refractivity contribution < 1.29 is 0 Å². The molecule has 0 spiro atoms. The molecule has 2 rings (SSSR count). The molecule has 1 nitrogen and oxygen atoms in total. The van der Waals surface area contributed by atoms with E-state index in [1.54, 1.807) is 0 Å². The minimum absolute atomic E-state index is 0.831. The van der Waals surface area contributed by atoms with Gasteiger partial charge < -0.3 is 0 Å². The third-order valence-corrected chi connectivity index (χ3v) is 4.56. The van der Waals surface area contributed by atoms with Crippen LogP contribution in [0.1, 0.15) is 27.2 Å². The third-order valence-electron chi connectivity index (χ3n) is 3.63. The Hall–Kier alpha value is 0.310. The summed E-state index contributed by atoms with van der Waals surface area (Å²) in [6, 6.07) is 1.78. The molecule has 0 N–H and O–H groups in total. The summed E-state index contributed by atoms with van der Waals surface area (Å²) in [5, 5.41) is 0. The molecule has 0 aromatic rings. The van der Waals surface area contributed by atoms with Gasteiger partial charge in [-0.3, -0.25) is 0 Å². The fraction of sp³-hybridized carbons (Fsp3) is 1.00. The maximum absolute atomic E-state index is 2.65. The van der Waals surface area contributed by atoms with E-state index in [9.17, 15) is 0 Å².